The second kappa shape index (κ2) is 6.55. The van der Waals surface area contributed by atoms with Crippen LogP contribution in [0.5, 0.6) is 0 Å². The summed E-state index contributed by atoms with van der Waals surface area (Å²) >= 11 is 0. The van der Waals surface area contributed by atoms with E-state index in [1.807, 2.05) is 17.0 Å². The topological polar surface area (TPSA) is 46.3 Å². The second-order valence-corrected chi connectivity index (χ2v) is 5.00. The molecule has 1 aromatic rings. The molecule has 18 heavy (non-hydrogen) atoms. The SMILES string of the molecule is NCc1cccc(CN2CCCCCCC2=O)c1. The van der Waals surface area contributed by atoms with Gasteiger partial charge in [-0.1, -0.05) is 37.1 Å². The average Bonchev–Trinajstić information content (AvgIpc) is 2.39. The van der Waals surface area contributed by atoms with Gasteiger partial charge in [-0.25, -0.2) is 0 Å². The predicted octanol–water partition coefficient (Wildman–Crippen LogP) is 2.44. The molecule has 1 fully saturated rings. The number of hydrogen-bond acceptors (Lipinski definition) is 2. The van der Waals surface area contributed by atoms with Gasteiger partial charge in [0.05, 0.1) is 0 Å². The maximum absolute atomic E-state index is 12.0. The molecule has 1 aromatic carbocycles. The highest BCUT2D eigenvalue weighted by molar-refractivity contribution is 5.76. The Kier molecular flexibility index (Phi) is 4.76. The Bertz CT molecular complexity index is 403. The van der Waals surface area contributed by atoms with E-state index in [4.69, 9.17) is 5.73 Å². The van der Waals surface area contributed by atoms with Gasteiger partial charge in [0.25, 0.3) is 0 Å². The molecule has 98 valence electrons. The van der Waals surface area contributed by atoms with Crippen LogP contribution in [-0.2, 0) is 17.9 Å². The lowest BCUT2D eigenvalue weighted by Crippen LogP contribution is -2.32. The highest BCUT2D eigenvalue weighted by atomic mass is 16.2. The lowest BCUT2D eigenvalue weighted by molar-refractivity contribution is -0.132. The van der Waals surface area contributed by atoms with Crippen molar-refractivity contribution in [1.82, 2.24) is 4.90 Å². The molecule has 3 nitrogen and oxygen atoms in total. The minimum atomic E-state index is 0.299. The second-order valence-electron chi connectivity index (χ2n) is 5.00. The summed E-state index contributed by atoms with van der Waals surface area (Å²) in [5.74, 6) is 0.299. The molecule has 0 saturated carbocycles. The van der Waals surface area contributed by atoms with Crippen LogP contribution >= 0.6 is 0 Å². The van der Waals surface area contributed by atoms with Crippen LogP contribution < -0.4 is 5.73 Å². The zero-order valence-corrected chi connectivity index (χ0v) is 10.9. The van der Waals surface area contributed by atoms with E-state index < -0.39 is 0 Å². The molecule has 2 N–H and O–H groups in total. The van der Waals surface area contributed by atoms with Gasteiger partial charge >= 0.3 is 0 Å². The Morgan fingerprint density at radius 2 is 1.89 bits per heavy atom. The molecule has 0 radical (unpaired) electrons. The van der Waals surface area contributed by atoms with Crippen LogP contribution in [0.3, 0.4) is 0 Å². The van der Waals surface area contributed by atoms with E-state index in [2.05, 4.69) is 12.1 Å². The molecule has 1 aliphatic heterocycles. The third kappa shape index (κ3) is 3.57. The van der Waals surface area contributed by atoms with E-state index in [0.717, 1.165) is 31.5 Å². The fourth-order valence-electron chi connectivity index (χ4n) is 2.46. The van der Waals surface area contributed by atoms with Crippen molar-refractivity contribution in [3.63, 3.8) is 0 Å². The van der Waals surface area contributed by atoms with Gasteiger partial charge < -0.3 is 10.6 Å². The minimum absolute atomic E-state index is 0.299. The maximum Gasteiger partial charge on any atom is 0.222 e. The molecule has 0 spiro atoms. The van der Waals surface area contributed by atoms with E-state index in [-0.39, 0.29) is 0 Å². The van der Waals surface area contributed by atoms with Gasteiger partial charge in [-0.15, -0.1) is 0 Å². The lowest BCUT2D eigenvalue weighted by atomic mass is 10.1. The Hall–Kier alpha value is -1.35. The van der Waals surface area contributed by atoms with Gasteiger partial charge in [0.15, 0.2) is 0 Å². The standard InChI is InChI=1S/C15H22N2O/c16-11-13-6-5-7-14(10-13)12-17-9-4-2-1-3-8-15(17)18/h5-7,10H,1-4,8-9,11-12,16H2. The number of carbonyl (C=O) groups excluding carboxylic acids is 1. The molecule has 3 heteroatoms. The third-order valence-corrected chi connectivity index (χ3v) is 3.52. The van der Waals surface area contributed by atoms with Crippen molar-refractivity contribution in [2.75, 3.05) is 6.54 Å². The summed E-state index contributed by atoms with van der Waals surface area (Å²) in [6, 6.07) is 8.22. The van der Waals surface area contributed by atoms with Crippen LogP contribution in [0.2, 0.25) is 0 Å². The van der Waals surface area contributed by atoms with E-state index in [9.17, 15) is 4.79 Å². The van der Waals surface area contributed by atoms with Gasteiger partial charge in [0.1, 0.15) is 0 Å². The molecule has 1 aliphatic rings. The van der Waals surface area contributed by atoms with Gasteiger partial charge in [-0.3, -0.25) is 4.79 Å². The molecule has 2 rings (SSSR count). The van der Waals surface area contributed by atoms with Crippen molar-refractivity contribution in [3.8, 4) is 0 Å². The molecule has 0 atom stereocenters. The predicted molar refractivity (Wildman–Crippen MR) is 72.8 cm³/mol. The van der Waals surface area contributed by atoms with Gasteiger partial charge in [0.2, 0.25) is 5.91 Å². The molecule has 0 unspecified atom stereocenters. The van der Waals surface area contributed by atoms with Crippen molar-refractivity contribution >= 4 is 5.91 Å². The van der Waals surface area contributed by atoms with Crippen LogP contribution in [0.25, 0.3) is 0 Å². The number of amides is 1. The van der Waals surface area contributed by atoms with E-state index in [0.29, 0.717) is 18.9 Å². The van der Waals surface area contributed by atoms with E-state index in [1.54, 1.807) is 0 Å². The molecule has 0 aromatic heterocycles. The van der Waals surface area contributed by atoms with Crippen molar-refractivity contribution in [3.05, 3.63) is 35.4 Å². The highest BCUT2D eigenvalue weighted by Gasteiger charge is 2.15. The fraction of sp³-hybridized carbons (Fsp3) is 0.533. The molecule has 0 aliphatic carbocycles. The first-order valence-electron chi connectivity index (χ1n) is 6.85. The summed E-state index contributed by atoms with van der Waals surface area (Å²) < 4.78 is 0. The third-order valence-electron chi connectivity index (χ3n) is 3.52. The monoisotopic (exact) mass is 246 g/mol. The first-order chi connectivity index (χ1) is 8.79. The first-order valence-corrected chi connectivity index (χ1v) is 6.85. The molecular formula is C15H22N2O. The minimum Gasteiger partial charge on any atom is -0.338 e. The molecule has 1 amide bonds. The fourth-order valence-corrected chi connectivity index (χ4v) is 2.46. The number of rotatable bonds is 3. The smallest absolute Gasteiger partial charge is 0.222 e. The summed E-state index contributed by atoms with van der Waals surface area (Å²) in [7, 11) is 0. The quantitative estimate of drug-likeness (QED) is 0.890. The zero-order valence-electron chi connectivity index (χ0n) is 10.9. The number of likely N-dealkylation sites (tertiary alicyclic amines) is 1. The van der Waals surface area contributed by atoms with Crippen molar-refractivity contribution in [1.29, 1.82) is 0 Å². The van der Waals surface area contributed by atoms with Crippen LogP contribution in [0.1, 0.15) is 43.2 Å². The van der Waals surface area contributed by atoms with Crippen LogP contribution in [0.15, 0.2) is 24.3 Å². The van der Waals surface area contributed by atoms with E-state index >= 15 is 0 Å². The van der Waals surface area contributed by atoms with Crippen LogP contribution in [-0.4, -0.2) is 17.4 Å². The molecule has 0 bridgehead atoms. The number of nitrogens with two attached hydrogens (primary N) is 1. The Labute approximate surface area is 109 Å². The number of hydrogen-bond donors (Lipinski definition) is 1. The van der Waals surface area contributed by atoms with Crippen LogP contribution in [0.4, 0.5) is 0 Å². The summed E-state index contributed by atoms with van der Waals surface area (Å²) in [5.41, 5.74) is 7.96. The molecular weight excluding hydrogens is 224 g/mol. The normalized spacial score (nSPS) is 17.4. The number of benzene rings is 1. The van der Waals surface area contributed by atoms with Crippen molar-refractivity contribution < 1.29 is 4.79 Å². The summed E-state index contributed by atoms with van der Waals surface area (Å²) in [5, 5.41) is 0. The summed E-state index contributed by atoms with van der Waals surface area (Å²) in [6.07, 6.45) is 5.31. The van der Waals surface area contributed by atoms with Crippen LogP contribution in [0, 0.1) is 0 Å². The largest absolute Gasteiger partial charge is 0.338 e. The average molecular weight is 246 g/mol. The highest BCUT2D eigenvalue weighted by Crippen LogP contribution is 2.15. The Morgan fingerprint density at radius 1 is 1.11 bits per heavy atom. The summed E-state index contributed by atoms with van der Waals surface area (Å²) in [6.45, 7) is 2.18. The van der Waals surface area contributed by atoms with Gasteiger partial charge in [-0.2, -0.15) is 0 Å². The number of nitrogens with zero attached hydrogens (tertiary/aromatic N) is 1. The lowest BCUT2D eigenvalue weighted by Gasteiger charge is -2.25. The van der Waals surface area contributed by atoms with Crippen molar-refractivity contribution in [2.24, 2.45) is 5.73 Å². The van der Waals surface area contributed by atoms with Gasteiger partial charge in [-0.05, 0) is 24.0 Å². The molecule has 1 saturated heterocycles. The zero-order chi connectivity index (χ0) is 12.8. The first kappa shape index (κ1) is 13.1. The van der Waals surface area contributed by atoms with Crippen molar-refractivity contribution in [2.45, 2.75) is 45.2 Å². The van der Waals surface area contributed by atoms with E-state index in [1.165, 1.54) is 18.4 Å². The Morgan fingerprint density at radius 3 is 2.72 bits per heavy atom. The maximum atomic E-state index is 12.0. The van der Waals surface area contributed by atoms with Gasteiger partial charge in [0, 0.05) is 26.1 Å². The Balaban J connectivity index is 2.03. The summed E-state index contributed by atoms with van der Waals surface area (Å²) in [4.78, 5) is 14.0. The number of carbonyl (C=O) groups is 1. The molecule has 1 heterocycles.